The molecule has 0 aromatic carbocycles. The maximum absolute atomic E-state index is 12.1. The first-order valence-electron chi connectivity index (χ1n) is 7.00. The molecule has 1 aromatic heterocycles. The summed E-state index contributed by atoms with van der Waals surface area (Å²) in [6.07, 6.45) is 4.28. The van der Waals surface area contributed by atoms with Crippen LogP contribution < -0.4 is 0 Å². The van der Waals surface area contributed by atoms with E-state index in [9.17, 15) is 4.79 Å². The molecule has 1 saturated heterocycles. The molecule has 1 aliphatic heterocycles. The number of nitrogens with zero attached hydrogens (tertiary/aromatic N) is 3. The molecule has 0 N–H and O–H groups in total. The molecule has 1 fully saturated rings. The third kappa shape index (κ3) is 3.54. The molecule has 1 atom stereocenters. The maximum atomic E-state index is 12.1. The minimum Gasteiger partial charge on any atom is -0.347 e. The lowest BCUT2D eigenvalue weighted by molar-refractivity contribution is -0.133. The van der Waals surface area contributed by atoms with Gasteiger partial charge >= 0.3 is 0 Å². The second kappa shape index (κ2) is 6.48. The Hall–Kier alpha value is -0.940. The molecule has 4 nitrogen and oxygen atoms in total. The van der Waals surface area contributed by atoms with E-state index in [0.29, 0.717) is 0 Å². The number of carbonyl (C=O) groups is 1. The first kappa shape index (κ1) is 14.5. The van der Waals surface area contributed by atoms with Crippen molar-refractivity contribution < 1.29 is 4.79 Å². The van der Waals surface area contributed by atoms with Crippen LogP contribution in [-0.4, -0.2) is 47.4 Å². The van der Waals surface area contributed by atoms with E-state index in [-0.39, 0.29) is 11.9 Å². The van der Waals surface area contributed by atoms with Gasteiger partial charge in [-0.25, -0.2) is 4.98 Å². The van der Waals surface area contributed by atoms with E-state index in [4.69, 9.17) is 0 Å². The zero-order valence-corrected chi connectivity index (χ0v) is 12.9. The zero-order chi connectivity index (χ0) is 13.8. The van der Waals surface area contributed by atoms with E-state index < -0.39 is 0 Å². The Morgan fingerprint density at radius 3 is 3.05 bits per heavy atom. The van der Waals surface area contributed by atoms with Gasteiger partial charge in [-0.05, 0) is 32.2 Å². The fourth-order valence-electron chi connectivity index (χ4n) is 2.55. The Morgan fingerprint density at radius 2 is 2.37 bits per heavy atom. The lowest BCUT2D eigenvalue weighted by Crippen LogP contribution is -2.42. The van der Waals surface area contributed by atoms with E-state index >= 15 is 0 Å². The Bertz CT molecular complexity index is 430. The number of thiazole rings is 1. The van der Waals surface area contributed by atoms with Gasteiger partial charge in [-0.3, -0.25) is 9.69 Å². The van der Waals surface area contributed by atoms with Crippen molar-refractivity contribution in [3.05, 3.63) is 16.1 Å². The minimum atomic E-state index is 0.0475. The van der Waals surface area contributed by atoms with Gasteiger partial charge < -0.3 is 4.90 Å². The number of aryl methyl sites for hydroxylation is 1. The first-order valence-corrected chi connectivity index (χ1v) is 7.88. The number of likely N-dealkylation sites (N-methyl/N-ethyl adjacent to an activating group) is 1. The highest BCUT2D eigenvalue weighted by Gasteiger charge is 2.31. The summed E-state index contributed by atoms with van der Waals surface area (Å²) in [7, 11) is 3.67. The summed E-state index contributed by atoms with van der Waals surface area (Å²) in [6, 6.07) is 0.0475. The number of hydrogen-bond acceptors (Lipinski definition) is 4. The van der Waals surface area contributed by atoms with Gasteiger partial charge in [0.2, 0.25) is 5.91 Å². The quantitative estimate of drug-likeness (QED) is 0.830. The SMILES string of the molecule is CCCc1nc(CN2CCC[C@@H]2C(=O)N(C)C)cs1. The second-order valence-corrected chi connectivity index (χ2v) is 6.29. The first-order chi connectivity index (χ1) is 9.11. The summed E-state index contributed by atoms with van der Waals surface area (Å²) in [5, 5.41) is 3.35. The topological polar surface area (TPSA) is 36.4 Å². The Balaban J connectivity index is 1.98. The number of rotatable bonds is 5. The highest BCUT2D eigenvalue weighted by molar-refractivity contribution is 7.09. The van der Waals surface area contributed by atoms with Crippen molar-refractivity contribution >= 4 is 17.2 Å². The van der Waals surface area contributed by atoms with Crippen molar-refractivity contribution in [1.29, 1.82) is 0 Å². The molecule has 0 radical (unpaired) electrons. The molecule has 0 saturated carbocycles. The number of hydrogen-bond donors (Lipinski definition) is 0. The van der Waals surface area contributed by atoms with Crippen LogP contribution in [0.15, 0.2) is 5.38 Å². The third-order valence-corrected chi connectivity index (χ3v) is 4.48. The summed E-state index contributed by atoms with van der Waals surface area (Å²) in [4.78, 5) is 20.7. The molecule has 0 bridgehead atoms. The lowest BCUT2D eigenvalue weighted by atomic mass is 10.2. The normalized spacial score (nSPS) is 19.8. The van der Waals surface area contributed by atoms with E-state index in [1.165, 1.54) is 5.01 Å². The fraction of sp³-hybridized carbons (Fsp3) is 0.714. The molecular weight excluding hydrogens is 258 g/mol. The fourth-order valence-corrected chi connectivity index (χ4v) is 3.44. The molecular formula is C14H23N3OS. The van der Waals surface area contributed by atoms with Crippen LogP contribution in [-0.2, 0) is 17.8 Å². The van der Waals surface area contributed by atoms with Crippen LogP contribution >= 0.6 is 11.3 Å². The van der Waals surface area contributed by atoms with Crippen LogP contribution in [0.2, 0.25) is 0 Å². The smallest absolute Gasteiger partial charge is 0.239 e. The van der Waals surface area contributed by atoms with Crippen LogP contribution in [0.5, 0.6) is 0 Å². The molecule has 1 amide bonds. The van der Waals surface area contributed by atoms with Gasteiger partial charge in [-0.2, -0.15) is 0 Å². The summed E-state index contributed by atoms with van der Waals surface area (Å²) >= 11 is 1.74. The molecule has 0 spiro atoms. The average molecular weight is 281 g/mol. The largest absolute Gasteiger partial charge is 0.347 e. The van der Waals surface area contributed by atoms with Crippen LogP contribution in [0.4, 0.5) is 0 Å². The second-order valence-electron chi connectivity index (χ2n) is 5.34. The van der Waals surface area contributed by atoms with Gasteiger partial charge in [0.1, 0.15) is 0 Å². The van der Waals surface area contributed by atoms with Crippen molar-refractivity contribution in [3.63, 3.8) is 0 Å². The van der Waals surface area contributed by atoms with Crippen molar-refractivity contribution in [2.45, 2.75) is 45.2 Å². The van der Waals surface area contributed by atoms with Gasteiger partial charge in [0.25, 0.3) is 0 Å². The number of aromatic nitrogens is 1. The molecule has 5 heteroatoms. The minimum absolute atomic E-state index is 0.0475. The van der Waals surface area contributed by atoms with E-state index in [1.807, 2.05) is 14.1 Å². The molecule has 1 aliphatic rings. The Morgan fingerprint density at radius 1 is 1.58 bits per heavy atom. The molecule has 2 rings (SSSR count). The average Bonchev–Trinajstić information content (AvgIpc) is 2.99. The van der Waals surface area contributed by atoms with E-state index in [2.05, 4.69) is 22.2 Å². The van der Waals surface area contributed by atoms with Crippen LogP contribution in [0.1, 0.15) is 36.9 Å². The zero-order valence-electron chi connectivity index (χ0n) is 12.1. The van der Waals surface area contributed by atoms with Crippen molar-refractivity contribution in [2.75, 3.05) is 20.6 Å². The van der Waals surface area contributed by atoms with Crippen LogP contribution in [0, 0.1) is 0 Å². The van der Waals surface area contributed by atoms with Crippen molar-refractivity contribution in [1.82, 2.24) is 14.8 Å². The highest BCUT2D eigenvalue weighted by atomic mass is 32.1. The summed E-state index contributed by atoms with van der Waals surface area (Å²) in [5.41, 5.74) is 1.12. The number of carbonyl (C=O) groups excluding carboxylic acids is 1. The van der Waals surface area contributed by atoms with Gasteiger partial charge in [0.05, 0.1) is 16.7 Å². The van der Waals surface area contributed by atoms with Crippen molar-refractivity contribution in [3.8, 4) is 0 Å². The van der Waals surface area contributed by atoms with E-state index in [1.54, 1.807) is 16.2 Å². The molecule has 0 unspecified atom stereocenters. The molecule has 1 aromatic rings. The summed E-state index contributed by atoms with van der Waals surface area (Å²) < 4.78 is 0. The Labute approximate surface area is 119 Å². The molecule has 0 aliphatic carbocycles. The number of amides is 1. The van der Waals surface area contributed by atoms with E-state index in [0.717, 1.165) is 44.5 Å². The molecule has 19 heavy (non-hydrogen) atoms. The maximum Gasteiger partial charge on any atom is 0.239 e. The Kier molecular flexibility index (Phi) is 4.93. The number of likely N-dealkylation sites (tertiary alicyclic amines) is 1. The highest BCUT2D eigenvalue weighted by Crippen LogP contribution is 2.22. The van der Waals surface area contributed by atoms with Gasteiger partial charge in [-0.1, -0.05) is 6.92 Å². The summed E-state index contributed by atoms with van der Waals surface area (Å²) in [6.45, 7) is 3.99. The predicted molar refractivity (Wildman–Crippen MR) is 78.2 cm³/mol. The monoisotopic (exact) mass is 281 g/mol. The van der Waals surface area contributed by atoms with Crippen molar-refractivity contribution in [2.24, 2.45) is 0 Å². The van der Waals surface area contributed by atoms with Gasteiger partial charge in [-0.15, -0.1) is 11.3 Å². The molecule has 2 heterocycles. The predicted octanol–water partition coefficient (Wildman–Crippen LogP) is 2.15. The molecule has 106 valence electrons. The third-order valence-electron chi connectivity index (χ3n) is 3.52. The standard InChI is InChI=1S/C14H23N3OS/c1-4-6-13-15-11(10-19-13)9-17-8-5-7-12(17)14(18)16(2)3/h10,12H,4-9H2,1-3H3/t12-/m1/s1. The van der Waals surface area contributed by atoms with Gasteiger partial charge in [0.15, 0.2) is 0 Å². The van der Waals surface area contributed by atoms with Crippen LogP contribution in [0.25, 0.3) is 0 Å². The lowest BCUT2D eigenvalue weighted by Gasteiger charge is -2.25. The van der Waals surface area contributed by atoms with Gasteiger partial charge in [0, 0.05) is 26.0 Å². The van der Waals surface area contributed by atoms with Crippen LogP contribution in [0.3, 0.4) is 0 Å². The summed E-state index contributed by atoms with van der Waals surface area (Å²) in [5.74, 6) is 0.224.